The summed E-state index contributed by atoms with van der Waals surface area (Å²) in [6, 6.07) is 0. The smallest absolute Gasteiger partial charge is 0.249 e. The van der Waals surface area contributed by atoms with E-state index >= 15 is 0 Å². The Bertz CT molecular complexity index is 531. The molecule has 2 aliphatic carbocycles. The van der Waals surface area contributed by atoms with Crippen molar-refractivity contribution in [2.24, 2.45) is 17.3 Å². The molecule has 4 nitrogen and oxygen atoms in total. The molecule has 4 rings (SSSR count). The molecule has 2 saturated heterocycles. The first-order chi connectivity index (χ1) is 11.4. The topological polar surface area (TPSA) is 40.6 Å². The number of amides is 2. The van der Waals surface area contributed by atoms with Crippen molar-refractivity contribution in [2.45, 2.75) is 57.3 Å². The van der Waals surface area contributed by atoms with Gasteiger partial charge in [0.05, 0.1) is 0 Å². The van der Waals surface area contributed by atoms with E-state index in [0.29, 0.717) is 25.4 Å². The summed E-state index contributed by atoms with van der Waals surface area (Å²) >= 11 is 0. The van der Waals surface area contributed by atoms with Gasteiger partial charge < -0.3 is 9.80 Å². The lowest BCUT2D eigenvalue weighted by Gasteiger charge is -2.43. The molecule has 0 aromatic heterocycles. The Morgan fingerprint density at radius 2 is 1.83 bits per heavy atom. The summed E-state index contributed by atoms with van der Waals surface area (Å²) in [4.78, 5) is 28.4. The molecule has 2 aliphatic heterocycles. The predicted octanol–water partition coefficient (Wildman–Crippen LogP) is 2.67. The Hall–Kier alpha value is -1.20. The summed E-state index contributed by atoms with van der Waals surface area (Å²) in [5, 5.41) is 0. The highest BCUT2D eigenvalue weighted by atomic mass is 19.3. The first kappa shape index (κ1) is 16.3. The molecule has 0 bridgehead atoms. The fraction of sp³-hybridized carbons (Fsp3) is 0.889. The lowest BCUT2D eigenvalue weighted by atomic mass is 9.76. The Labute approximate surface area is 141 Å². The number of hydrogen-bond acceptors (Lipinski definition) is 2. The number of alkyl halides is 2. The van der Waals surface area contributed by atoms with Crippen LogP contribution in [0.25, 0.3) is 0 Å². The third-order valence-electron chi connectivity index (χ3n) is 6.68. The number of carbonyl (C=O) groups is 2. The van der Waals surface area contributed by atoms with Gasteiger partial charge in [0, 0.05) is 56.8 Å². The zero-order valence-corrected chi connectivity index (χ0v) is 14.1. The van der Waals surface area contributed by atoms with Gasteiger partial charge in [0.25, 0.3) is 0 Å². The van der Waals surface area contributed by atoms with Gasteiger partial charge in [-0.05, 0) is 31.6 Å². The zero-order chi connectivity index (χ0) is 16.9. The van der Waals surface area contributed by atoms with Crippen molar-refractivity contribution in [1.29, 1.82) is 0 Å². The second-order valence-electron chi connectivity index (χ2n) is 8.53. The van der Waals surface area contributed by atoms with E-state index in [9.17, 15) is 18.4 Å². The van der Waals surface area contributed by atoms with Crippen molar-refractivity contribution in [3.05, 3.63) is 0 Å². The van der Waals surface area contributed by atoms with Crippen molar-refractivity contribution in [3.8, 4) is 0 Å². The van der Waals surface area contributed by atoms with E-state index in [0.717, 1.165) is 25.9 Å². The Morgan fingerprint density at radius 3 is 2.38 bits per heavy atom. The van der Waals surface area contributed by atoms with Crippen LogP contribution in [0.15, 0.2) is 0 Å². The minimum atomic E-state index is -2.64. The molecular weight excluding hydrogens is 314 g/mol. The van der Waals surface area contributed by atoms with Crippen molar-refractivity contribution >= 4 is 11.8 Å². The van der Waals surface area contributed by atoms with Gasteiger partial charge in [-0.25, -0.2) is 8.78 Å². The first-order valence-electron chi connectivity index (χ1n) is 9.30. The normalized spacial score (nSPS) is 29.7. The first-order valence-corrected chi connectivity index (χ1v) is 9.30. The van der Waals surface area contributed by atoms with E-state index in [-0.39, 0.29) is 30.1 Å². The third-order valence-corrected chi connectivity index (χ3v) is 6.68. The van der Waals surface area contributed by atoms with Crippen LogP contribution in [0.4, 0.5) is 8.78 Å². The number of carbonyl (C=O) groups excluding carboxylic acids is 2. The summed E-state index contributed by atoms with van der Waals surface area (Å²) in [7, 11) is 0. The minimum absolute atomic E-state index is 0.0150. The van der Waals surface area contributed by atoms with Crippen LogP contribution in [-0.2, 0) is 9.59 Å². The van der Waals surface area contributed by atoms with Crippen molar-refractivity contribution < 1.29 is 18.4 Å². The fourth-order valence-corrected chi connectivity index (χ4v) is 4.77. The van der Waals surface area contributed by atoms with Crippen LogP contribution < -0.4 is 0 Å². The van der Waals surface area contributed by atoms with Gasteiger partial charge in [-0.2, -0.15) is 0 Å². The molecule has 6 heteroatoms. The molecular formula is C18H26F2N2O2. The Morgan fingerprint density at radius 1 is 1.17 bits per heavy atom. The molecule has 4 aliphatic rings. The van der Waals surface area contributed by atoms with Crippen LogP contribution in [0, 0.1) is 17.3 Å². The van der Waals surface area contributed by atoms with E-state index in [4.69, 9.17) is 0 Å². The Balaban J connectivity index is 1.29. The third kappa shape index (κ3) is 2.93. The van der Waals surface area contributed by atoms with Gasteiger partial charge in [0.2, 0.25) is 17.7 Å². The van der Waals surface area contributed by atoms with Crippen molar-refractivity contribution in [3.63, 3.8) is 0 Å². The van der Waals surface area contributed by atoms with Crippen LogP contribution in [0.5, 0.6) is 0 Å². The van der Waals surface area contributed by atoms with E-state index in [1.807, 2.05) is 4.90 Å². The monoisotopic (exact) mass is 340 g/mol. The van der Waals surface area contributed by atoms with Gasteiger partial charge in [-0.1, -0.05) is 6.42 Å². The maximum atomic E-state index is 13.0. The van der Waals surface area contributed by atoms with E-state index in [1.165, 1.54) is 19.3 Å². The zero-order valence-electron chi connectivity index (χ0n) is 14.1. The fourth-order valence-electron chi connectivity index (χ4n) is 4.77. The number of likely N-dealkylation sites (tertiary alicyclic amines) is 2. The van der Waals surface area contributed by atoms with Crippen LogP contribution in [0.3, 0.4) is 0 Å². The Kier molecular flexibility index (Phi) is 3.84. The van der Waals surface area contributed by atoms with E-state index in [1.54, 1.807) is 4.90 Å². The molecule has 0 aromatic rings. The summed E-state index contributed by atoms with van der Waals surface area (Å²) in [6.07, 6.45) is 5.44. The molecule has 2 heterocycles. The molecule has 0 atom stereocenters. The molecule has 4 fully saturated rings. The summed E-state index contributed by atoms with van der Waals surface area (Å²) < 4.78 is 25.9. The highest BCUT2D eigenvalue weighted by Gasteiger charge is 2.51. The lowest BCUT2D eigenvalue weighted by Crippen LogP contribution is -2.51. The second-order valence-corrected chi connectivity index (χ2v) is 8.53. The second kappa shape index (κ2) is 5.67. The number of rotatable bonds is 3. The SMILES string of the molecule is O=C1CC2(CCN(C(=O)C3CC(F)(F)C3)CC2)CN1CC1CCC1. The maximum Gasteiger partial charge on any atom is 0.249 e. The molecule has 1 spiro atoms. The van der Waals surface area contributed by atoms with Crippen LogP contribution in [-0.4, -0.2) is 53.7 Å². The van der Waals surface area contributed by atoms with Crippen molar-refractivity contribution in [2.75, 3.05) is 26.2 Å². The van der Waals surface area contributed by atoms with E-state index in [2.05, 4.69) is 0 Å². The standard InChI is InChI=1S/C18H26F2N2O2/c19-18(20)8-14(9-18)16(24)21-6-4-17(5-7-21)10-15(23)22(12-17)11-13-2-1-3-13/h13-14H,1-12H2. The molecule has 0 aromatic carbocycles. The van der Waals surface area contributed by atoms with Gasteiger partial charge >= 0.3 is 0 Å². The van der Waals surface area contributed by atoms with Crippen LogP contribution in [0.2, 0.25) is 0 Å². The number of halogens is 2. The van der Waals surface area contributed by atoms with Gasteiger partial charge in [-0.15, -0.1) is 0 Å². The molecule has 2 saturated carbocycles. The number of hydrogen-bond donors (Lipinski definition) is 0. The quantitative estimate of drug-likeness (QED) is 0.792. The van der Waals surface area contributed by atoms with Gasteiger partial charge in [0.1, 0.15) is 0 Å². The van der Waals surface area contributed by atoms with Crippen LogP contribution in [0.1, 0.15) is 51.4 Å². The average Bonchev–Trinajstić information content (AvgIpc) is 2.76. The summed E-state index contributed by atoms with van der Waals surface area (Å²) in [6.45, 7) is 2.96. The number of nitrogens with zero attached hydrogens (tertiary/aromatic N) is 2. The largest absolute Gasteiger partial charge is 0.342 e. The summed E-state index contributed by atoms with van der Waals surface area (Å²) in [5.74, 6) is -2.29. The molecule has 0 unspecified atom stereocenters. The maximum absolute atomic E-state index is 13.0. The number of piperidine rings is 1. The lowest BCUT2D eigenvalue weighted by molar-refractivity contribution is -0.161. The highest BCUT2D eigenvalue weighted by molar-refractivity contribution is 5.81. The minimum Gasteiger partial charge on any atom is -0.342 e. The highest BCUT2D eigenvalue weighted by Crippen LogP contribution is 2.45. The molecule has 24 heavy (non-hydrogen) atoms. The molecule has 0 N–H and O–H groups in total. The molecule has 2 amide bonds. The molecule has 0 radical (unpaired) electrons. The average molecular weight is 340 g/mol. The van der Waals surface area contributed by atoms with Gasteiger partial charge in [-0.3, -0.25) is 9.59 Å². The van der Waals surface area contributed by atoms with Crippen molar-refractivity contribution in [1.82, 2.24) is 9.80 Å². The molecule has 134 valence electrons. The van der Waals surface area contributed by atoms with Gasteiger partial charge in [0.15, 0.2) is 0 Å². The predicted molar refractivity (Wildman–Crippen MR) is 84.5 cm³/mol. The van der Waals surface area contributed by atoms with E-state index < -0.39 is 11.8 Å². The van der Waals surface area contributed by atoms with Crippen LogP contribution >= 0.6 is 0 Å². The summed E-state index contributed by atoms with van der Waals surface area (Å²) in [5.41, 5.74) is 0.0150.